The summed E-state index contributed by atoms with van der Waals surface area (Å²) in [5.41, 5.74) is 5.26. The van der Waals surface area contributed by atoms with Crippen LogP contribution in [0.25, 0.3) is 0 Å². The first-order valence-corrected chi connectivity index (χ1v) is 2.78. The maximum Gasteiger partial charge on any atom is 0.180 e. The Bertz CT molecular complexity index is 173. The van der Waals surface area contributed by atoms with Crippen LogP contribution in [-0.4, -0.2) is 4.98 Å². The van der Waals surface area contributed by atoms with Gasteiger partial charge in [0.1, 0.15) is 5.76 Å². The topological polar surface area (TPSA) is 52.0 Å². The van der Waals surface area contributed by atoms with E-state index < -0.39 is 5.54 Å². The highest BCUT2D eigenvalue weighted by molar-refractivity contribution is 5.01. The van der Waals surface area contributed by atoms with Gasteiger partial charge in [0, 0.05) is 0 Å². The van der Waals surface area contributed by atoms with E-state index in [0.717, 1.165) is 0 Å². The van der Waals surface area contributed by atoms with E-state index in [2.05, 4.69) is 4.98 Å². The first-order chi connectivity index (χ1) is 4.11. The minimum atomic E-state index is -0.406. The summed E-state index contributed by atoms with van der Waals surface area (Å²) in [5, 5.41) is 0. The van der Waals surface area contributed by atoms with Gasteiger partial charge in [-0.25, -0.2) is 4.98 Å². The van der Waals surface area contributed by atoms with E-state index >= 15 is 0 Å². The summed E-state index contributed by atoms with van der Waals surface area (Å²) in [4.78, 5) is 3.74. The summed E-state index contributed by atoms with van der Waals surface area (Å²) in [5.74, 6) is 0.711. The second-order valence-electron chi connectivity index (χ2n) is 2.59. The van der Waals surface area contributed by atoms with E-state index in [0.29, 0.717) is 5.76 Å². The van der Waals surface area contributed by atoms with Crippen LogP contribution >= 0.6 is 0 Å². The van der Waals surface area contributed by atoms with E-state index in [4.69, 9.17) is 10.2 Å². The zero-order valence-electron chi connectivity index (χ0n) is 5.59. The number of aromatic nitrogens is 1. The molecule has 0 saturated heterocycles. The lowest BCUT2D eigenvalue weighted by molar-refractivity contribution is 0.393. The molecule has 0 bridgehead atoms. The number of hydrogen-bond donors (Lipinski definition) is 1. The van der Waals surface area contributed by atoms with Crippen LogP contribution in [0.2, 0.25) is 0 Å². The van der Waals surface area contributed by atoms with Crippen LogP contribution in [0.5, 0.6) is 0 Å². The summed E-state index contributed by atoms with van der Waals surface area (Å²) >= 11 is 0. The van der Waals surface area contributed by atoms with E-state index in [1.54, 1.807) is 6.20 Å². The summed E-state index contributed by atoms with van der Waals surface area (Å²) in [6.07, 6.45) is 3.00. The van der Waals surface area contributed by atoms with Crippen LogP contribution in [0.1, 0.15) is 19.6 Å². The fourth-order valence-electron chi connectivity index (χ4n) is 0.534. The third kappa shape index (κ3) is 1.29. The molecule has 0 aliphatic rings. The minimum absolute atomic E-state index is 0.406. The number of nitrogens with two attached hydrogens (primary N) is 1. The van der Waals surface area contributed by atoms with Crippen LogP contribution in [0.4, 0.5) is 0 Å². The Morgan fingerprint density at radius 3 is 2.56 bits per heavy atom. The van der Waals surface area contributed by atoms with Gasteiger partial charge in [-0.05, 0) is 13.8 Å². The zero-order valence-corrected chi connectivity index (χ0v) is 5.59. The standard InChI is InChI=1S/C6H10N2O/c1-6(2,7)5-3-8-4-9-5/h3-4H,7H2,1-2H3. The molecule has 3 nitrogen and oxygen atoms in total. The van der Waals surface area contributed by atoms with Gasteiger partial charge in [0.25, 0.3) is 0 Å². The molecule has 3 heteroatoms. The maximum atomic E-state index is 5.67. The normalized spacial score (nSPS) is 11.9. The van der Waals surface area contributed by atoms with Gasteiger partial charge in [0.05, 0.1) is 11.7 Å². The Morgan fingerprint density at radius 2 is 2.33 bits per heavy atom. The van der Waals surface area contributed by atoms with Crippen molar-refractivity contribution in [2.24, 2.45) is 5.73 Å². The van der Waals surface area contributed by atoms with Crippen LogP contribution in [0, 0.1) is 0 Å². The fraction of sp³-hybridized carbons (Fsp3) is 0.500. The van der Waals surface area contributed by atoms with Crippen LogP contribution in [-0.2, 0) is 5.54 Å². The van der Waals surface area contributed by atoms with Crippen molar-refractivity contribution in [2.45, 2.75) is 19.4 Å². The quantitative estimate of drug-likeness (QED) is 0.607. The summed E-state index contributed by atoms with van der Waals surface area (Å²) in [7, 11) is 0. The SMILES string of the molecule is CC(C)(N)c1cnco1. The molecule has 0 aliphatic carbocycles. The van der Waals surface area contributed by atoms with Crippen molar-refractivity contribution < 1.29 is 4.42 Å². The van der Waals surface area contributed by atoms with E-state index in [9.17, 15) is 0 Å². The zero-order chi connectivity index (χ0) is 6.91. The maximum absolute atomic E-state index is 5.67. The second-order valence-corrected chi connectivity index (χ2v) is 2.59. The molecule has 0 aliphatic heterocycles. The largest absolute Gasteiger partial charge is 0.447 e. The lowest BCUT2D eigenvalue weighted by Crippen LogP contribution is -2.27. The Hall–Kier alpha value is -0.830. The number of oxazole rings is 1. The first kappa shape index (κ1) is 6.29. The lowest BCUT2D eigenvalue weighted by atomic mass is 10.1. The third-order valence-corrected chi connectivity index (χ3v) is 1.07. The van der Waals surface area contributed by atoms with Gasteiger partial charge in [-0.1, -0.05) is 0 Å². The second kappa shape index (κ2) is 1.84. The van der Waals surface area contributed by atoms with Crippen LogP contribution < -0.4 is 5.73 Å². The first-order valence-electron chi connectivity index (χ1n) is 2.78. The highest BCUT2D eigenvalue weighted by Gasteiger charge is 2.16. The Balaban J connectivity index is 2.90. The van der Waals surface area contributed by atoms with Gasteiger partial charge in [0.2, 0.25) is 0 Å². The van der Waals surface area contributed by atoms with E-state index in [1.807, 2.05) is 13.8 Å². The molecular formula is C6H10N2O. The number of rotatable bonds is 1. The van der Waals surface area contributed by atoms with E-state index in [-0.39, 0.29) is 0 Å². The predicted octanol–water partition coefficient (Wildman–Crippen LogP) is 0.868. The average molecular weight is 126 g/mol. The molecule has 0 atom stereocenters. The molecule has 1 heterocycles. The van der Waals surface area contributed by atoms with Crippen molar-refractivity contribution in [1.29, 1.82) is 0 Å². The average Bonchev–Trinajstić information content (AvgIpc) is 2.08. The van der Waals surface area contributed by atoms with Crippen molar-refractivity contribution in [3.8, 4) is 0 Å². The lowest BCUT2D eigenvalue weighted by Gasteiger charge is -2.12. The molecule has 0 saturated carbocycles. The van der Waals surface area contributed by atoms with Gasteiger partial charge in [0.15, 0.2) is 6.39 Å². The Morgan fingerprint density at radius 1 is 1.67 bits per heavy atom. The molecule has 50 valence electrons. The molecule has 2 N–H and O–H groups in total. The van der Waals surface area contributed by atoms with Crippen molar-refractivity contribution in [3.63, 3.8) is 0 Å². The summed E-state index contributed by atoms with van der Waals surface area (Å²) in [6.45, 7) is 3.74. The molecule has 0 radical (unpaired) electrons. The molecule has 0 amide bonds. The number of hydrogen-bond acceptors (Lipinski definition) is 3. The summed E-state index contributed by atoms with van der Waals surface area (Å²) < 4.78 is 4.96. The molecule has 1 rings (SSSR count). The number of nitrogens with zero attached hydrogens (tertiary/aromatic N) is 1. The molecule has 0 fully saturated rings. The predicted molar refractivity (Wildman–Crippen MR) is 33.7 cm³/mol. The fourth-order valence-corrected chi connectivity index (χ4v) is 0.534. The molecule has 0 unspecified atom stereocenters. The monoisotopic (exact) mass is 126 g/mol. The van der Waals surface area contributed by atoms with E-state index in [1.165, 1.54) is 6.39 Å². The molecule has 9 heavy (non-hydrogen) atoms. The highest BCUT2D eigenvalue weighted by Crippen LogP contribution is 2.14. The Labute approximate surface area is 53.9 Å². The smallest absolute Gasteiger partial charge is 0.180 e. The summed E-state index contributed by atoms with van der Waals surface area (Å²) in [6, 6.07) is 0. The van der Waals surface area contributed by atoms with Gasteiger partial charge in [-0.2, -0.15) is 0 Å². The highest BCUT2D eigenvalue weighted by atomic mass is 16.3. The van der Waals surface area contributed by atoms with Crippen LogP contribution in [0.15, 0.2) is 17.0 Å². The van der Waals surface area contributed by atoms with Gasteiger partial charge >= 0.3 is 0 Å². The molecule has 0 aromatic carbocycles. The molecule has 1 aromatic rings. The molecule has 1 aromatic heterocycles. The van der Waals surface area contributed by atoms with Crippen LogP contribution in [0.3, 0.4) is 0 Å². The van der Waals surface area contributed by atoms with Crippen molar-refractivity contribution in [1.82, 2.24) is 4.98 Å². The van der Waals surface area contributed by atoms with Gasteiger partial charge in [-0.15, -0.1) is 0 Å². The molecular weight excluding hydrogens is 116 g/mol. The minimum Gasteiger partial charge on any atom is -0.447 e. The van der Waals surface area contributed by atoms with Gasteiger partial charge < -0.3 is 10.2 Å². The Kier molecular flexibility index (Phi) is 1.29. The van der Waals surface area contributed by atoms with Crippen molar-refractivity contribution in [3.05, 3.63) is 18.4 Å². The van der Waals surface area contributed by atoms with Crippen molar-refractivity contribution in [2.75, 3.05) is 0 Å². The third-order valence-electron chi connectivity index (χ3n) is 1.07. The van der Waals surface area contributed by atoms with Gasteiger partial charge in [-0.3, -0.25) is 0 Å². The molecule has 0 spiro atoms. The van der Waals surface area contributed by atoms with Crippen molar-refractivity contribution >= 4 is 0 Å².